The molecule has 0 bridgehead atoms. The van der Waals surface area contributed by atoms with Crippen LogP contribution in [-0.2, 0) is 0 Å². The minimum Gasteiger partial charge on any atom is -0.502 e. The molecule has 0 radical (unpaired) electrons. The standard InChI is InChI=1S/C17H15NO3/c1-20-15-9-14(10-16(21-2)17(15)19)8-5-12-3-6-13(11-18)7-4-12/h3-10,19H,1-2H3. The van der Waals surface area contributed by atoms with Crippen LogP contribution in [0.25, 0.3) is 12.2 Å². The molecule has 0 atom stereocenters. The third-order valence-electron chi connectivity index (χ3n) is 3.01. The van der Waals surface area contributed by atoms with E-state index in [1.54, 1.807) is 24.3 Å². The topological polar surface area (TPSA) is 62.5 Å². The van der Waals surface area contributed by atoms with Crippen molar-refractivity contribution in [1.29, 1.82) is 5.26 Å². The number of phenols is 1. The molecule has 106 valence electrons. The zero-order valence-corrected chi connectivity index (χ0v) is 11.8. The Bertz CT molecular complexity index is 672. The van der Waals surface area contributed by atoms with Crippen LogP contribution in [0.3, 0.4) is 0 Å². The minimum absolute atomic E-state index is 0.0180. The van der Waals surface area contributed by atoms with E-state index in [1.807, 2.05) is 24.3 Å². The van der Waals surface area contributed by atoms with Crippen molar-refractivity contribution in [3.8, 4) is 23.3 Å². The van der Waals surface area contributed by atoms with Crippen molar-refractivity contribution in [2.75, 3.05) is 14.2 Å². The average Bonchev–Trinajstić information content (AvgIpc) is 2.54. The molecule has 0 aliphatic heterocycles. The lowest BCUT2D eigenvalue weighted by Gasteiger charge is -2.09. The molecular formula is C17H15NO3. The molecule has 2 aromatic rings. The Morgan fingerprint density at radius 3 is 1.95 bits per heavy atom. The summed E-state index contributed by atoms with van der Waals surface area (Å²) in [5.41, 5.74) is 2.44. The van der Waals surface area contributed by atoms with E-state index in [-0.39, 0.29) is 5.75 Å². The van der Waals surface area contributed by atoms with Crippen LogP contribution in [-0.4, -0.2) is 19.3 Å². The lowest BCUT2D eigenvalue weighted by molar-refractivity contribution is 0.340. The SMILES string of the molecule is COc1cc(C=Cc2ccc(C#N)cc2)cc(OC)c1O. The van der Waals surface area contributed by atoms with Crippen LogP contribution >= 0.6 is 0 Å². The monoisotopic (exact) mass is 281 g/mol. The van der Waals surface area contributed by atoms with Crippen LogP contribution in [0.1, 0.15) is 16.7 Å². The summed E-state index contributed by atoms with van der Waals surface area (Å²) in [5.74, 6) is 0.693. The van der Waals surface area contributed by atoms with Crippen molar-refractivity contribution < 1.29 is 14.6 Å². The summed E-state index contributed by atoms with van der Waals surface area (Å²) in [4.78, 5) is 0. The molecule has 0 heterocycles. The first kappa shape index (κ1) is 14.5. The third kappa shape index (κ3) is 3.34. The van der Waals surface area contributed by atoms with Gasteiger partial charge in [0.15, 0.2) is 11.5 Å². The van der Waals surface area contributed by atoms with Gasteiger partial charge in [0.2, 0.25) is 5.75 Å². The van der Waals surface area contributed by atoms with E-state index in [9.17, 15) is 5.11 Å². The molecule has 0 aliphatic rings. The van der Waals surface area contributed by atoms with Gasteiger partial charge in [-0.3, -0.25) is 0 Å². The summed E-state index contributed by atoms with van der Waals surface area (Å²) in [6, 6.07) is 12.8. The summed E-state index contributed by atoms with van der Waals surface area (Å²) in [7, 11) is 2.98. The quantitative estimate of drug-likeness (QED) is 0.872. The van der Waals surface area contributed by atoms with Crippen LogP contribution in [0.4, 0.5) is 0 Å². The van der Waals surface area contributed by atoms with Gasteiger partial charge in [0.1, 0.15) is 0 Å². The Balaban J connectivity index is 2.29. The van der Waals surface area contributed by atoms with Gasteiger partial charge in [-0.05, 0) is 35.4 Å². The fourth-order valence-corrected chi connectivity index (χ4v) is 1.87. The first-order valence-electron chi connectivity index (χ1n) is 6.31. The van der Waals surface area contributed by atoms with Crippen LogP contribution in [0.5, 0.6) is 17.2 Å². The molecule has 0 aromatic heterocycles. The number of aromatic hydroxyl groups is 1. The first-order valence-corrected chi connectivity index (χ1v) is 6.31. The van der Waals surface area contributed by atoms with Crippen molar-refractivity contribution in [3.63, 3.8) is 0 Å². The van der Waals surface area contributed by atoms with E-state index in [0.29, 0.717) is 17.1 Å². The van der Waals surface area contributed by atoms with Gasteiger partial charge < -0.3 is 14.6 Å². The number of nitrogens with zero attached hydrogens (tertiary/aromatic N) is 1. The molecule has 0 amide bonds. The lowest BCUT2D eigenvalue weighted by atomic mass is 10.1. The highest BCUT2D eigenvalue weighted by Crippen LogP contribution is 2.37. The molecule has 4 nitrogen and oxygen atoms in total. The summed E-state index contributed by atoms with van der Waals surface area (Å²) < 4.78 is 10.2. The number of hydrogen-bond donors (Lipinski definition) is 1. The normalized spacial score (nSPS) is 10.3. The van der Waals surface area contributed by atoms with Gasteiger partial charge in [0, 0.05) is 0 Å². The number of hydrogen-bond acceptors (Lipinski definition) is 4. The fraction of sp³-hybridized carbons (Fsp3) is 0.118. The number of rotatable bonds is 4. The van der Waals surface area contributed by atoms with E-state index in [2.05, 4.69) is 6.07 Å². The molecule has 1 N–H and O–H groups in total. The zero-order valence-electron chi connectivity index (χ0n) is 11.8. The number of methoxy groups -OCH3 is 2. The highest BCUT2D eigenvalue weighted by atomic mass is 16.5. The molecule has 0 saturated heterocycles. The van der Waals surface area contributed by atoms with E-state index < -0.39 is 0 Å². The van der Waals surface area contributed by atoms with Gasteiger partial charge in [-0.1, -0.05) is 24.3 Å². The molecule has 0 fully saturated rings. The maximum atomic E-state index is 9.85. The predicted molar refractivity (Wildman–Crippen MR) is 81.3 cm³/mol. The Kier molecular flexibility index (Phi) is 4.47. The Hall–Kier alpha value is -2.93. The third-order valence-corrected chi connectivity index (χ3v) is 3.01. The van der Waals surface area contributed by atoms with Crippen LogP contribution < -0.4 is 9.47 Å². The summed E-state index contributed by atoms with van der Waals surface area (Å²) >= 11 is 0. The summed E-state index contributed by atoms with van der Waals surface area (Å²) in [6.45, 7) is 0. The number of nitriles is 1. The first-order chi connectivity index (χ1) is 10.2. The molecule has 21 heavy (non-hydrogen) atoms. The second kappa shape index (κ2) is 6.49. The Labute approximate surface area is 123 Å². The number of phenolic OH excluding ortho intramolecular Hbond substituents is 1. The highest BCUT2D eigenvalue weighted by Gasteiger charge is 2.09. The van der Waals surface area contributed by atoms with Crippen molar-refractivity contribution in [3.05, 3.63) is 53.1 Å². The molecule has 2 rings (SSSR count). The highest BCUT2D eigenvalue weighted by molar-refractivity contribution is 5.72. The largest absolute Gasteiger partial charge is 0.502 e. The zero-order chi connectivity index (χ0) is 15.2. The van der Waals surface area contributed by atoms with Crippen molar-refractivity contribution in [2.24, 2.45) is 0 Å². The van der Waals surface area contributed by atoms with Crippen molar-refractivity contribution >= 4 is 12.2 Å². The van der Waals surface area contributed by atoms with Crippen molar-refractivity contribution in [1.82, 2.24) is 0 Å². The van der Waals surface area contributed by atoms with Gasteiger partial charge in [-0.15, -0.1) is 0 Å². The summed E-state index contributed by atoms with van der Waals surface area (Å²) in [5, 5.41) is 18.6. The van der Waals surface area contributed by atoms with E-state index in [4.69, 9.17) is 14.7 Å². The number of ether oxygens (including phenoxy) is 2. The molecule has 0 aliphatic carbocycles. The molecule has 2 aromatic carbocycles. The number of benzene rings is 2. The average molecular weight is 281 g/mol. The molecular weight excluding hydrogens is 266 g/mol. The van der Waals surface area contributed by atoms with Crippen LogP contribution in [0, 0.1) is 11.3 Å². The van der Waals surface area contributed by atoms with E-state index >= 15 is 0 Å². The van der Waals surface area contributed by atoms with Gasteiger partial charge >= 0.3 is 0 Å². The van der Waals surface area contributed by atoms with Crippen molar-refractivity contribution in [2.45, 2.75) is 0 Å². The molecule has 0 spiro atoms. The Morgan fingerprint density at radius 2 is 1.48 bits per heavy atom. The molecule has 0 unspecified atom stereocenters. The maximum absolute atomic E-state index is 9.85. The van der Waals surface area contributed by atoms with Gasteiger partial charge in [0.25, 0.3) is 0 Å². The van der Waals surface area contributed by atoms with Gasteiger partial charge in [-0.25, -0.2) is 0 Å². The van der Waals surface area contributed by atoms with E-state index in [1.165, 1.54) is 14.2 Å². The van der Waals surface area contributed by atoms with E-state index in [0.717, 1.165) is 11.1 Å². The predicted octanol–water partition coefficient (Wildman–Crippen LogP) is 3.45. The lowest BCUT2D eigenvalue weighted by Crippen LogP contribution is -1.90. The second-order valence-corrected chi connectivity index (χ2v) is 4.34. The molecule has 4 heteroatoms. The second-order valence-electron chi connectivity index (χ2n) is 4.34. The summed E-state index contributed by atoms with van der Waals surface area (Å²) in [6.07, 6.45) is 3.79. The Morgan fingerprint density at radius 1 is 0.952 bits per heavy atom. The smallest absolute Gasteiger partial charge is 0.200 e. The maximum Gasteiger partial charge on any atom is 0.200 e. The molecule has 0 saturated carbocycles. The fourth-order valence-electron chi connectivity index (χ4n) is 1.87. The van der Waals surface area contributed by atoms with Gasteiger partial charge in [0.05, 0.1) is 25.9 Å². The van der Waals surface area contributed by atoms with Crippen LogP contribution in [0.2, 0.25) is 0 Å². The minimum atomic E-state index is -0.0180. The van der Waals surface area contributed by atoms with Gasteiger partial charge in [-0.2, -0.15) is 5.26 Å². The van der Waals surface area contributed by atoms with Crippen LogP contribution in [0.15, 0.2) is 36.4 Å².